The lowest BCUT2D eigenvalue weighted by Gasteiger charge is -2.12. The van der Waals surface area contributed by atoms with Gasteiger partial charge in [-0.05, 0) is 21.0 Å². The van der Waals surface area contributed by atoms with E-state index in [2.05, 4.69) is 9.98 Å². The third kappa shape index (κ3) is 7.07. The molecule has 0 saturated heterocycles. The van der Waals surface area contributed by atoms with Crippen LogP contribution in [0.4, 0.5) is 0 Å². The first-order valence-corrected chi connectivity index (χ1v) is 3.99. The van der Waals surface area contributed by atoms with Crippen LogP contribution in [-0.4, -0.2) is 43.5 Å². The highest BCUT2D eigenvalue weighted by molar-refractivity contribution is 5.92. The van der Waals surface area contributed by atoms with Crippen molar-refractivity contribution in [1.82, 2.24) is 4.90 Å². The molecule has 0 rings (SSSR count). The van der Waals surface area contributed by atoms with E-state index in [1.807, 2.05) is 25.9 Å². The minimum absolute atomic E-state index is 0.0710. The molecule has 6 heteroatoms. The number of likely N-dealkylation sites (N-methyl/N-ethyl adjacent to an activating group) is 1. The summed E-state index contributed by atoms with van der Waals surface area (Å²) in [5.41, 5.74) is 15.7. The van der Waals surface area contributed by atoms with Gasteiger partial charge in [0.25, 0.3) is 0 Å². The summed E-state index contributed by atoms with van der Waals surface area (Å²) >= 11 is 0. The van der Waals surface area contributed by atoms with Crippen LogP contribution in [0, 0.1) is 0 Å². The first-order valence-electron chi connectivity index (χ1n) is 3.99. The minimum Gasteiger partial charge on any atom is -0.370 e. The van der Waals surface area contributed by atoms with Gasteiger partial charge >= 0.3 is 0 Å². The van der Waals surface area contributed by atoms with Crippen LogP contribution >= 0.6 is 0 Å². The van der Waals surface area contributed by atoms with Crippen molar-refractivity contribution in [1.29, 1.82) is 0 Å². The zero-order chi connectivity index (χ0) is 10.4. The van der Waals surface area contributed by atoms with Gasteiger partial charge in [-0.2, -0.15) is 4.99 Å². The molecule has 1 unspecified atom stereocenters. The Morgan fingerprint density at radius 2 is 1.85 bits per heavy atom. The monoisotopic (exact) mass is 186 g/mol. The van der Waals surface area contributed by atoms with Crippen molar-refractivity contribution < 1.29 is 0 Å². The van der Waals surface area contributed by atoms with Crippen molar-refractivity contribution in [2.45, 2.75) is 13.0 Å². The van der Waals surface area contributed by atoms with Crippen molar-refractivity contribution in [3.63, 3.8) is 0 Å². The van der Waals surface area contributed by atoms with E-state index in [4.69, 9.17) is 17.2 Å². The Hall–Kier alpha value is -1.30. The molecule has 13 heavy (non-hydrogen) atoms. The largest absolute Gasteiger partial charge is 0.370 e. The van der Waals surface area contributed by atoms with E-state index in [0.29, 0.717) is 0 Å². The maximum Gasteiger partial charge on any atom is 0.218 e. The number of aliphatic imine (C=N–C) groups is 2. The van der Waals surface area contributed by atoms with Gasteiger partial charge in [-0.3, -0.25) is 0 Å². The fraction of sp³-hybridized carbons (Fsp3) is 0.714. The van der Waals surface area contributed by atoms with Gasteiger partial charge in [-0.1, -0.05) is 0 Å². The summed E-state index contributed by atoms with van der Waals surface area (Å²) in [6.07, 6.45) is 0. The van der Waals surface area contributed by atoms with Gasteiger partial charge in [0.15, 0.2) is 5.96 Å². The van der Waals surface area contributed by atoms with E-state index < -0.39 is 0 Å². The highest BCUT2D eigenvalue weighted by atomic mass is 15.1. The molecule has 0 aromatic rings. The first-order chi connectivity index (χ1) is 5.91. The van der Waals surface area contributed by atoms with Crippen molar-refractivity contribution in [2.75, 3.05) is 20.6 Å². The zero-order valence-electron chi connectivity index (χ0n) is 8.36. The minimum atomic E-state index is -0.0710. The molecule has 0 saturated carbocycles. The second kappa shape index (κ2) is 5.36. The summed E-state index contributed by atoms with van der Waals surface area (Å²) in [6.45, 7) is 2.75. The molecule has 0 aliphatic heterocycles. The second-order valence-corrected chi connectivity index (χ2v) is 3.14. The van der Waals surface area contributed by atoms with Gasteiger partial charge in [0, 0.05) is 6.54 Å². The Kier molecular flexibility index (Phi) is 4.83. The molecule has 0 bridgehead atoms. The van der Waals surface area contributed by atoms with Gasteiger partial charge < -0.3 is 22.1 Å². The van der Waals surface area contributed by atoms with Crippen LogP contribution in [0.5, 0.6) is 0 Å². The molecule has 0 heterocycles. The lowest BCUT2D eigenvalue weighted by atomic mass is 10.3. The molecule has 6 N–H and O–H groups in total. The summed E-state index contributed by atoms with van der Waals surface area (Å²) < 4.78 is 0. The molecule has 0 aromatic carbocycles. The van der Waals surface area contributed by atoms with E-state index in [9.17, 15) is 0 Å². The summed E-state index contributed by atoms with van der Waals surface area (Å²) in [7, 11) is 3.92. The lowest BCUT2D eigenvalue weighted by molar-refractivity contribution is 0.383. The highest BCUT2D eigenvalue weighted by Crippen LogP contribution is 1.91. The van der Waals surface area contributed by atoms with E-state index >= 15 is 0 Å². The van der Waals surface area contributed by atoms with E-state index in [0.717, 1.165) is 6.54 Å². The normalized spacial score (nSPS) is 14.3. The maximum atomic E-state index is 5.44. The van der Waals surface area contributed by atoms with Crippen LogP contribution in [0.1, 0.15) is 6.92 Å². The van der Waals surface area contributed by atoms with Gasteiger partial charge in [-0.15, -0.1) is 0 Å². The first kappa shape index (κ1) is 11.7. The van der Waals surface area contributed by atoms with Crippen LogP contribution < -0.4 is 17.2 Å². The molecule has 76 valence electrons. The molecule has 0 amide bonds. The average Bonchev–Trinajstić information content (AvgIpc) is 1.80. The van der Waals surface area contributed by atoms with Crippen LogP contribution in [0.3, 0.4) is 0 Å². The predicted octanol–water partition coefficient (Wildman–Crippen LogP) is -1.48. The molecular formula is C7H18N6. The number of guanidine groups is 2. The fourth-order valence-corrected chi connectivity index (χ4v) is 0.956. The van der Waals surface area contributed by atoms with E-state index in [-0.39, 0.29) is 18.0 Å². The van der Waals surface area contributed by atoms with Gasteiger partial charge in [0.2, 0.25) is 5.96 Å². The third-order valence-electron chi connectivity index (χ3n) is 1.23. The quantitative estimate of drug-likeness (QED) is 0.369. The maximum absolute atomic E-state index is 5.44. The molecule has 0 spiro atoms. The van der Waals surface area contributed by atoms with E-state index in [1.165, 1.54) is 0 Å². The van der Waals surface area contributed by atoms with Crippen molar-refractivity contribution in [3.05, 3.63) is 0 Å². The Morgan fingerprint density at radius 3 is 2.23 bits per heavy atom. The predicted molar refractivity (Wildman–Crippen MR) is 55.4 cm³/mol. The molecule has 0 radical (unpaired) electrons. The van der Waals surface area contributed by atoms with Gasteiger partial charge in [0.05, 0.1) is 6.04 Å². The second-order valence-electron chi connectivity index (χ2n) is 3.14. The average molecular weight is 186 g/mol. The molecular weight excluding hydrogens is 168 g/mol. The molecule has 0 fully saturated rings. The van der Waals surface area contributed by atoms with Crippen LogP contribution in [0.25, 0.3) is 0 Å². The number of nitrogens with zero attached hydrogens (tertiary/aromatic N) is 3. The SMILES string of the molecule is CC(CN(C)C)N=C(N)N=C(N)N. The Bertz CT molecular complexity index is 203. The summed E-state index contributed by atoms with van der Waals surface area (Å²) in [6, 6.07) is 0.0816. The number of nitrogens with two attached hydrogens (primary N) is 3. The summed E-state index contributed by atoms with van der Waals surface area (Å²) in [5.74, 6) is 0.0488. The zero-order valence-corrected chi connectivity index (χ0v) is 8.36. The van der Waals surface area contributed by atoms with Crippen molar-refractivity contribution in [2.24, 2.45) is 27.2 Å². The Labute approximate surface area is 78.5 Å². The molecule has 0 aromatic heterocycles. The number of hydrogen-bond acceptors (Lipinski definition) is 2. The van der Waals surface area contributed by atoms with Crippen molar-refractivity contribution in [3.8, 4) is 0 Å². The highest BCUT2D eigenvalue weighted by Gasteiger charge is 2.01. The van der Waals surface area contributed by atoms with Crippen LogP contribution in [-0.2, 0) is 0 Å². The fourth-order valence-electron chi connectivity index (χ4n) is 0.956. The summed E-state index contributed by atoms with van der Waals surface area (Å²) in [5, 5.41) is 0. The summed E-state index contributed by atoms with van der Waals surface area (Å²) in [4.78, 5) is 9.68. The van der Waals surface area contributed by atoms with Gasteiger partial charge in [-0.25, -0.2) is 4.99 Å². The van der Waals surface area contributed by atoms with Crippen molar-refractivity contribution >= 4 is 11.9 Å². The topological polar surface area (TPSA) is 106 Å². The standard InChI is InChI=1S/C7H18N6/c1-5(4-13(2)3)11-7(10)12-6(8)9/h5H,4H2,1-3H3,(H6,8,9,10,11,12). The number of hydrogen-bond donors (Lipinski definition) is 3. The smallest absolute Gasteiger partial charge is 0.218 e. The molecule has 1 atom stereocenters. The Balaban J connectivity index is 4.14. The van der Waals surface area contributed by atoms with E-state index in [1.54, 1.807) is 0 Å². The van der Waals surface area contributed by atoms with Crippen LogP contribution in [0.2, 0.25) is 0 Å². The Morgan fingerprint density at radius 1 is 1.31 bits per heavy atom. The number of rotatable bonds is 3. The third-order valence-corrected chi connectivity index (χ3v) is 1.23. The molecule has 0 aliphatic rings. The van der Waals surface area contributed by atoms with Crippen LogP contribution in [0.15, 0.2) is 9.98 Å². The molecule has 6 nitrogen and oxygen atoms in total. The van der Waals surface area contributed by atoms with Gasteiger partial charge in [0.1, 0.15) is 0 Å². The molecule has 0 aliphatic carbocycles. The lowest BCUT2D eigenvalue weighted by Crippen LogP contribution is -2.28.